The van der Waals surface area contributed by atoms with Crippen LogP contribution in [0.4, 0.5) is 0 Å². The van der Waals surface area contributed by atoms with Crippen molar-refractivity contribution in [1.29, 1.82) is 0 Å². The van der Waals surface area contributed by atoms with E-state index >= 15 is 0 Å². The molecule has 3 unspecified atom stereocenters. The zero-order valence-corrected chi connectivity index (χ0v) is 7.71. The highest BCUT2D eigenvalue weighted by atomic mass is 16.3. The van der Waals surface area contributed by atoms with Gasteiger partial charge >= 0.3 is 0 Å². The van der Waals surface area contributed by atoms with E-state index in [9.17, 15) is 0 Å². The van der Waals surface area contributed by atoms with Crippen LogP contribution >= 0.6 is 0 Å². The van der Waals surface area contributed by atoms with E-state index < -0.39 is 0 Å². The smallest absolute Gasteiger partial charge is 0.0462 e. The average Bonchev–Trinajstić information content (AvgIpc) is 2.32. The molecule has 0 bridgehead atoms. The lowest BCUT2D eigenvalue weighted by molar-refractivity contribution is 0.188. The van der Waals surface area contributed by atoms with Crippen LogP contribution in [0.25, 0.3) is 0 Å². The Morgan fingerprint density at radius 2 is 1.91 bits per heavy atom. The van der Waals surface area contributed by atoms with Crippen LogP contribution in [0.3, 0.4) is 0 Å². The largest absolute Gasteiger partial charge is 0.396 e. The lowest BCUT2D eigenvalue weighted by atomic mass is 9.93. The molecule has 0 spiro atoms. The molecular formula is C10H20O. The highest BCUT2D eigenvalue weighted by Gasteiger charge is 2.30. The van der Waals surface area contributed by atoms with Gasteiger partial charge in [0.05, 0.1) is 0 Å². The van der Waals surface area contributed by atoms with E-state index in [0.717, 1.165) is 11.8 Å². The summed E-state index contributed by atoms with van der Waals surface area (Å²) in [6.07, 6.45) is 5.18. The van der Waals surface area contributed by atoms with Crippen molar-refractivity contribution in [2.45, 2.75) is 39.5 Å². The van der Waals surface area contributed by atoms with Crippen LogP contribution < -0.4 is 0 Å². The Kier molecular flexibility index (Phi) is 3.38. The van der Waals surface area contributed by atoms with Crippen LogP contribution in [0.2, 0.25) is 0 Å². The predicted octanol–water partition coefficient (Wildman–Crippen LogP) is 2.44. The molecule has 3 atom stereocenters. The van der Waals surface area contributed by atoms with Gasteiger partial charge in [0.1, 0.15) is 0 Å². The molecule has 1 heteroatoms. The third-order valence-electron chi connectivity index (χ3n) is 2.97. The minimum Gasteiger partial charge on any atom is -0.396 e. The third-order valence-corrected chi connectivity index (χ3v) is 2.97. The van der Waals surface area contributed by atoms with Crippen molar-refractivity contribution in [2.75, 3.05) is 6.61 Å². The molecule has 1 aliphatic rings. The Labute approximate surface area is 69.8 Å². The van der Waals surface area contributed by atoms with Crippen molar-refractivity contribution in [1.82, 2.24) is 0 Å². The minimum atomic E-state index is 0.412. The first kappa shape index (κ1) is 9.05. The van der Waals surface area contributed by atoms with Crippen molar-refractivity contribution in [3.8, 4) is 0 Å². The number of hydrogen-bond acceptors (Lipinski definition) is 1. The highest BCUT2D eigenvalue weighted by molar-refractivity contribution is 4.80. The summed E-state index contributed by atoms with van der Waals surface area (Å²) in [5.74, 6) is 2.29. The summed E-state index contributed by atoms with van der Waals surface area (Å²) in [6.45, 7) is 4.95. The number of aliphatic hydroxyl groups is 1. The molecule has 0 heterocycles. The van der Waals surface area contributed by atoms with Gasteiger partial charge < -0.3 is 5.11 Å². The molecule has 0 radical (unpaired) electrons. The molecule has 0 saturated heterocycles. The van der Waals surface area contributed by atoms with Gasteiger partial charge in [-0.25, -0.2) is 0 Å². The van der Waals surface area contributed by atoms with Crippen LogP contribution in [0.15, 0.2) is 0 Å². The first-order chi connectivity index (χ1) is 5.27. The van der Waals surface area contributed by atoms with Gasteiger partial charge in [0, 0.05) is 6.61 Å². The fraction of sp³-hybridized carbons (Fsp3) is 1.00. The monoisotopic (exact) mass is 156 g/mol. The van der Waals surface area contributed by atoms with Crippen LogP contribution in [0.1, 0.15) is 39.5 Å². The molecule has 0 aliphatic heterocycles. The molecule has 11 heavy (non-hydrogen) atoms. The van der Waals surface area contributed by atoms with E-state index in [1.807, 2.05) is 0 Å². The van der Waals surface area contributed by atoms with Gasteiger partial charge in [-0.3, -0.25) is 0 Å². The normalized spacial score (nSPS) is 37.9. The molecule has 0 aromatic carbocycles. The summed E-state index contributed by atoms with van der Waals surface area (Å²) in [5.41, 5.74) is 0. The Morgan fingerprint density at radius 3 is 2.45 bits per heavy atom. The van der Waals surface area contributed by atoms with Gasteiger partial charge in [0.2, 0.25) is 0 Å². The van der Waals surface area contributed by atoms with Crippen molar-refractivity contribution in [3.63, 3.8) is 0 Å². The standard InChI is InChI=1S/C10H20O/c1-3-4-9-5-8(2)6-10(9)7-11/h8-11H,3-7H2,1-2H3. The molecule has 1 saturated carbocycles. The van der Waals surface area contributed by atoms with Crippen LogP contribution in [0.5, 0.6) is 0 Å². The maximum absolute atomic E-state index is 9.08. The topological polar surface area (TPSA) is 20.2 Å². The van der Waals surface area contributed by atoms with E-state index in [-0.39, 0.29) is 0 Å². The summed E-state index contributed by atoms with van der Waals surface area (Å²) < 4.78 is 0. The summed E-state index contributed by atoms with van der Waals surface area (Å²) in [6, 6.07) is 0. The Hall–Kier alpha value is -0.0400. The summed E-state index contributed by atoms with van der Waals surface area (Å²) in [5, 5.41) is 9.08. The van der Waals surface area contributed by atoms with Gasteiger partial charge in [-0.05, 0) is 30.6 Å². The van der Waals surface area contributed by atoms with E-state index in [1.165, 1.54) is 25.7 Å². The van der Waals surface area contributed by atoms with Gasteiger partial charge in [-0.15, -0.1) is 0 Å². The van der Waals surface area contributed by atoms with Gasteiger partial charge in [0.15, 0.2) is 0 Å². The Morgan fingerprint density at radius 1 is 1.27 bits per heavy atom. The van der Waals surface area contributed by atoms with E-state index in [2.05, 4.69) is 13.8 Å². The lowest BCUT2D eigenvalue weighted by Gasteiger charge is -2.15. The fourth-order valence-electron chi connectivity index (χ4n) is 2.46. The molecule has 1 fully saturated rings. The number of hydrogen-bond donors (Lipinski definition) is 1. The summed E-state index contributed by atoms with van der Waals surface area (Å²) in [4.78, 5) is 0. The molecule has 1 N–H and O–H groups in total. The maximum Gasteiger partial charge on any atom is 0.0462 e. The van der Waals surface area contributed by atoms with E-state index in [1.54, 1.807) is 0 Å². The zero-order chi connectivity index (χ0) is 8.27. The van der Waals surface area contributed by atoms with E-state index in [0.29, 0.717) is 12.5 Å². The van der Waals surface area contributed by atoms with Gasteiger partial charge in [-0.1, -0.05) is 26.7 Å². The Bertz CT molecular complexity index is 111. The van der Waals surface area contributed by atoms with Crippen LogP contribution in [-0.4, -0.2) is 11.7 Å². The molecule has 1 rings (SSSR count). The molecule has 1 aliphatic carbocycles. The van der Waals surface area contributed by atoms with Crippen LogP contribution in [-0.2, 0) is 0 Å². The third kappa shape index (κ3) is 2.19. The second-order valence-electron chi connectivity index (χ2n) is 4.07. The van der Waals surface area contributed by atoms with Crippen molar-refractivity contribution in [2.24, 2.45) is 17.8 Å². The van der Waals surface area contributed by atoms with Gasteiger partial charge in [-0.2, -0.15) is 0 Å². The number of rotatable bonds is 3. The molecule has 66 valence electrons. The Balaban J connectivity index is 2.37. The molecular weight excluding hydrogens is 136 g/mol. The van der Waals surface area contributed by atoms with Crippen molar-refractivity contribution < 1.29 is 5.11 Å². The van der Waals surface area contributed by atoms with E-state index in [4.69, 9.17) is 5.11 Å². The first-order valence-corrected chi connectivity index (χ1v) is 4.88. The first-order valence-electron chi connectivity index (χ1n) is 4.88. The molecule has 0 aromatic rings. The summed E-state index contributed by atoms with van der Waals surface area (Å²) in [7, 11) is 0. The molecule has 0 aromatic heterocycles. The van der Waals surface area contributed by atoms with Crippen molar-refractivity contribution >= 4 is 0 Å². The van der Waals surface area contributed by atoms with Crippen LogP contribution in [0, 0.1) is 17.8 Å². The quantitative estimate of drug-likeness (QED) is 0.665. The second kappa shape index (κ2) is 4.10. The van der Waals surface area contributed by atoms with Crippen molar-refractivity contribution in [3.05, 3.63) is 0 Å². The fourth-order valence-corrected chi connectivity index (χ4v) is 2.46. The SMILES string of the molecule is CCCC1CC(C)CC1CO. The molecule has 0 amide bonds. The maximum atomic E-state index is 9.08. The molecule has 1 nitrogen and oxygen atoms in total. The lowest BCUT2D eigenvalue weighted by Crippen LogP contribution is -2.11. The second-order valence-corrected chi connectivity index (χ2v) is 4.07. The predicted molar refractivity (Wildman–Crippen MR) is 47.4 cm³/mol. The number of aliphatic hydroxyl groups excluding tert-OH is 1. The summed E-state index contributed by atoms with van der Waals surface area (Å²) >= 11 is 0. The minimum absolute atomic E-state index is 0.412. The van der Waals surface area contributed by atoms with Gasteiger partial charge in [0.25, 0.3) is 0 Å². The zero-order valence-electron chi connectivity index (χ0n) is 7.71. The highest BCUT2D eigenvalue weighted by Crippen LogP contribution is 2.38. The average molecular weight is 156 g/mol.